The first-order chi connectivity index (χ1) is 21.9. The van der Waals surface area contributed by atoms with E-state index in [-0.39, 0.29) is 31.1 Å². The van der Waals surface area contributed by atoms with Crippen molar-refractivity contribution in [3.8, 4) is 11.1 Å². The molecule has 3 unspecified atom stereocenters. The standard InChI is InChI=1S/C35H39N3O6S/c1-38-19-18-36-35(38)45-23-29-20-31(26-12-10-24(22-39)11-13-26)44-34(43-29)27-16-14-25(15-17-27)30-7-3-2-6-28(30)21-37-32(40)8-4-5-9-33(41)42/h2-3,6-7,10-19,29,31,34,39H,4-5,8-9,20-23H2,1H3,(H,37,40)(H,41,42). The number of hydrogen-bond donors (Lipinski definition) is 3. The maximum Gasteiger partial charge on any atom is 0.303 e. The second-order valence-electron chi connectivity index (χ2n) is 11.1. The lowest BCUT2D eigenvalue weighted by molar-refractivity contribution is -0.245. The van der Waals surface area contributed by atoms with Gasteiger partial charge < -0.3 is 29.6 Å². The number of amides is 1. The number of carbonyl (C=O) groups is 2. The van der Waals surface area contributed by atoms with Crippen LogP contribution in [0.1, 0.15) is 66.8 Å². The zero-order valence-electron chi connectivity index (χ0n) is 25.3. The molecule has 2 heterocycles. The van der Waals surface area contributed by atoms with Crippen molar-refractivity contribution in [3.63, 3.8) is 0 Å². The lowest BCUT2D eigenvalue weighted by Crippen LogP contribution is -2.31. The van der Waals surface area contributed by atoms with Crippen LogP contribution in [-0.2, 0) is 39.3 Å². The number of aliphatic hydroxyl groups excluding tert-OH is 1. The Morgan fingerprint density at radius 1 is 0.978 bits per heavy atom. The van der Waals surface area contributed by atoms with Crippen LogP contribution < -0.4 is 5.32 Å². The van der Waals surface area contributed by atoms with Gasteiger partial charge in [0.05, 0.1) is 18.8 Å². The fraction of sp³-hybridized carbons (Fsp3) is 0.343. The summed E-state index contributed by atoms with van der Waals surface area (Å²) < 4.78 is 15.0. The molecular weight excluding hydrogens is 590 g/mol. The van der Waals surface area contributed by atoms with Crippen molar-refractivity contribution < 1.29 is 29.3 Å². The van der Waals surface area contributed by atoms with Gasteiger partial charge in [0.15, 0.2) is 11.4 Å². The lowest BCUT2D eigenvalue weighted by atomic mass is 9.97. The average Bonchev–Trinajstić information content (AvgIpc) is 3.49. The predicted octanol–water partition coefficient (Wildman–Crippen LogP) is 6.18. The third kappa shape index (κ3) is 9.04. The highest BCUT2D eigenvalue weighted by molar-refractivity contribution is 7.99. The van der Waals surface area contributed by atoms with Gasteiger partial charge in [-0.15, -0.1) is 0 Å². The predicted molar refractivity (Wildman–Crippen MR) is 172 cm³/mol. The number of ether oxygens (including phenoxy) is 2. The minimum atomic E-state index is -0.843. The second kappa shape index (κ2) is 15.9. The maximum absolute atomic E-state index is 12.3. The van der Waals surface area contributed by atoms with E-state index in [1.54, 1.807) is 18.0 Å². The molecule has 0 aliphatic carbocycles. The molecule has 45 heavy (non-hydrogen) atoms. The van der Waals surface area contributed by atoms with Gasteiger partial charge in [0.2, 0.25) is 5.91 Å². The van der Waals surface area contributed by atoms with E-state index in [1.807, 2.05) is 90.6 Å². The van der Waals surface area contributed by atoms with E-state index in [1.165, 1.54) is 0 Å². The number of nitrogens with one attached hydrogen (secondary N) is 1. The highest BCUT2D eigenvalue weighted by atomic mass is 32.2. The molecule has 1 aromatic heterocycles. The van der Waals surface area contributed by atoms with Crippen LogP contribution in [0.4, 0.5) is 0 Å². The third-order valence-corrected chi connectivity index (χ3v) is 9.01. The van der Waals surface area contributed by atoms with E-state index in [4.69, 9.17) is 14.6 Å². The highest BCUT2D eigenvalue weighted by Gasteiger charge is 2.32. The Morgan fingerprint density at radius 3 is 2.42 bits per heavy atom. The SMILES string of the molecule is Cn1ccnc1SCC1CC(c2ccc(CO)cc2)OC(c2ccc(-c3ccccc3CNC(=O)CCCCC(=O)O)cc2)O1. The zero-order chi connectivity index (χ0) is 31.6. The first-order valence-corrected chi connectivity index (χ1v) is 16.2. The van der Waals surface area contributed by atoms with Crippen LogP contribution in [-0.4, -0.2) is 43.5 Å². The summed E-state index contributed by atoms with van der Waals surface area (Å²) in [5.41, 5.74) is 5.84. The van der Waals surface area contributed by atoms with Gasteiger partial charge in [-0.3, -0.25) is 9.59 Å². The number of carboxylic acid groups (broad SMARTS) is 1. The number of carbonyl (C=O) groups excluding carboxylic acids is 1. The third-order valence-electron chi connectivity index (χ3n) is 7.82. The normalized spacial score (nSPS) is 18.0. The van der Waals surface area contributed by atoms with E-state index < -0.39 is 12.3 Å². The molecule has 1 fully saturated rings. The molecule has 5 rings (SSSR count). The van der Waals surface area contributed by atoms with Gasteiger partial charge in [0, 0.05) is 56.6 Å². The Kier molecular flexibility index (Phi) is 11.4. The molecule has 1 amide bonds. The molecule has 0 bridgehead atoms. The Labute approximate surface area is 267 Å². The van der Waals surface area contributed by atoms with Crippen LogP contribution in [0.5, 0.6) is 0 Å². The molecule has 0 saturated carbocycles. The van der Waals surface area contributed by atoms with Crippen LogP contribution in [0, 0.1) is 0 Å². The van der Waals surface area contributed by atoms with Crippen molar-refractivity contribution in [2.24, 2.45) is 7.05 Å². The lowest BCUT2D eigenvalue weighted by Gasteiger charge is -2.36. The number of aromatic nitrogens is 2. The van der Waals surface area contributed by atoms with E-state index in [9.17, 15) is 14.7 Å². The van der Waals surface area contributed by atoms with Crippen LogP contribution in [0.3, 0.4) is 0 Å². The molecule has 3 N–H and O–H groups in total. The molecule has 3 aromatic carbocycles. The van der Waals surface area contributed by atoms with Gasteiger partial charge >= 0.3 is 5.97 Å². The largest absolute Gasteiger partial charge is 0.481 e. The summed E-state index contributed by atoms with van der Waals surface area (Å²) in [6, 6.07) is 24.0. The Balaban J connectivity index is 1.27. The minimum absolute atomic E-state index is 0.00306. The molecule has 9 nitrogen and oxygen atoms in total. The van der Waals surface area contributed by atoms with E-state index >= 15 is 0 Å². The number of benzene rings is 3. The van der Waals surface area contributed by atoms with Crippen molar-refractivity contribution >= 4 is 23.6 Å². The number of carboxylic acids is 1. The van der Waals surface area contributed by atoms with Crippen LogP contribution in [0.15, 0.2) is 90.3 Å². The summed E-state index contributed by atoms with van der Waals surface area (Å²) in [6.07, 6.45) is 5.04. The second-order valence-corrected chi connectivity index (χ2v) is 12.1. The number of aryl methyl sites for hydroxylation is 1. The summed E-state index contributed by atoms with van der Waals surface area (Å²) in [5.74, 6) is -0.204. The number of thioether (sulfide) groups is 1. The molecule has 1 aliphatic rings. The van der Waals surface area contributed by atoms with Crippen LogP contribution in [0.25, 0.3) is 11.1 Å². The number of hydrogen-bond acceptors (Lipinski definition) is 7. The summed E-state index contributed by atoms with van der Waals surface area (Å²) >= 11 is 1.66. The molecule has 236 valence electrons. The molecule has 0 radical (unpaired) electrons. The van der Waals surface area contributed by atoms with Gasteiger partial charge in [-0.1, -0.05) is 84.6 Å². The minimum Gasteiger partial charge on any atom is -0.481 e. The van der Waals surface area contributed by atoms with E-state index in [0.29, 0.717) is 32.2 Å². The summed E-state index contributed by atoms with van der Waals surface area (Å²) in [4.78, 5) is 27.5. The molecule has 1 aliphatic heterocycles. The fourth-order valence-corrected chi connectivity index (χ4v) is 6.25. The summed E-state index contributed by atoms with van der Waals surface area (Å²) in [6.45, 7) is 0.382. The van der Waals surface area contributed by atoms with Gasteiger partial charge in [-0.25, -0.2) is 4.98 Å². The summed E-state index contributed by atoms with van der Waals surface area (Å²) in [5, 5.41) is 22.2. The van der Waals surface area contributed by atoms with Gasteiger partial charge in [-0.2, -0.15) is 0 Å². The number of nitrogens with zero attached hydrogens (tertiary/aromatic N) is 2. The van der Waals surface area contributed by atoms with Gasteiger partial charge in [0.25, 0.3) is 0 Å². The molecule has 10 heteroatoms. The topological polar surface area (TPSA) is 123 Å². The number of aliphatic carboxylic acids is 1. The summed E-state index contributed by atoms with van der Waals surface area (Å²) in [7, 11) is 1.98. The highest BCUT2D eigenvalue weighted by Crippen LogP contribution is 2.40. The number of imidazole rings is 1. The molecule has 1 saturated heterocycles. The van der Waals surface area contributed by atoms with Crippen LogP contribution in [0.2, 0.25) is 0 Å². The Bertz CT molecular complexity index is 1560. The average molecular weight is 630 g/mol. The van der Waals surface area contributed by atoms with Gasteiger partial charge in [0.1, 0.15) is 0 Å². The monoisotopic (exact) mass is 629 g/mol. The van der Waals surface area contributed by atoms with Crippen molar-refractivity contribution in [1.29, 1.82) is 0 Å². The first kappa shape index (κ1) is 32.4. The number of unbranched alkanes of at least 4 members (excludes halogenated alkanes) is 1. The molecule has 3 atom stereocenters. The zero-order valence-corrected chi connectivity index (χ0v) is 26.1. The van der Waals surface area contributed by atoms with Crippen molar-refractivity contribution in [1.82, 2.24) is 14.9 Å². The molecular formula is C35H39N3O6S. The number of aliphatic hydroxyl groups is 1. The van der Waals surface area contributed by atoms with Crippen molar-refractivity contribution in [2.45, 2.75) is 68.9 Å². The number of rotatable bonds is 14. The quantitative estimate of drug-likeness (QED) is 0.112. The Hall–Kier alpha value is -3.96. The van der Waals surface area contributed by atoms with Crippen LogP contribution >= 0.6 is 11.8 Å². The van der Waals surface area contributed by atoms with Crippen molar-refractivity contribution in [3.05, 3.63) is 107 Å². The van der Waals surface area contributed by atoms with E-state index in [0.717, 1.165) is 44.3 Å². The first-order valence-electron chi connectivity index (χ1n) is 15.2. The smallest absolute Gasteiger partial charge is 0.303 e. The Morgan fingerprint density at radius 2 is 1.71 bits per heavy atom. The molecule has 0 spiro atoms. The molecule has 4 aromatic rings. The fourth-order valence-electron chi connectivity index (χ4n) is 5.30. The maximum atomic E-state index is 12.3. The van der Waals surface area contributed by atoms with Gasteiger partial charge in [-0.05, 0) is 40.7 Å². The van der Waals surface area contributed by atoms with Crippen molar-refractivity contribution in [2.75, 3.05) is 5.75 Å². The van der Waals surface area contributed by atoms with E-state index in [2.05, 4.69) is 10.3 Å².